The molecule has 0 aliphatic rings. The first-order valence-corrected chi connectivity index (χ1v) is 5.22. The summed E-state index contributed by atoms with van der Waals surface area (Å²) in [5.74, 6) is 0.838. The summed E-state index contributed by atoms with van der Waals surface area (Å²) in [6.45, 7) is 6.45. The van der Waals surface area contributed by atoms with Crippen LogP contribution in [-0.2, 0) is 12.5 Å². The summed E-state index contributed by atoms with van der Waals surface area (Å²) in [6.07, 6.45) is 0. The molecule has 0 saturated heterocycles. The fraction of sp³-hybridized carbons (Fsp3) is 0.667. The van der Waals surface area contributed by atoms with Crippen molar-refractivity contribution in [2.45, 2.75) is 26.2 Å². The molecule has 0 atom stereocenters. The number of hydrogen-bond acceptors (Lipinski definition) is 2. The Hall–Kier alpha value is -0.260. The Kier molecular flexibility index (Phi) is 2.89. The number of hydrogen-bond donors (Lipinski definition) is 0. The SMILES string of the molecule is COc1c(I)c(C(C)(C)C)nn1C. The molecule has 13 heavy (non-hydrogen) atoms. The molecule has 0 aromatic carbocycles. The largest absolute Gasteiger partial charge is 0.480 e. The highest BCUT2D eigenvalue weighted by atomic mass is 127. The van der Waals surface area contributed by atoms with Gasteiger partial charge in [0.1, 0.15) is 0 Å². The van der Waals surface area contributed by atoms with E-state index in [-0.39, 0.29) is 5.41 Å². The van der Waals surface area contributed by atoms with Crippen LogP contribution in [-0.4, -0.2) is 16.9 Å². The molecular formula is C9H15IN2O. The minimum atomic E-state index is 0.0745. The lowest BCUT2D eigenvalue weighted by Crippen LogP contribution is -2.13. The van der Waals surface area contributed by atoms with Gasteiger partial charge in [0.05, 0.1) is 16.4 Å². The third kappa shape index (κ3) is 1.98. The summed E-state index contributed by atoms with van der Waals surface area (Å²) in [7, 11) is 3.57. The second kappa shape index (κ2) is 3.48. The van der Waals surface area contributed by atoms with Crippen LogP contribution in [0.25, 0.3) is 0 Å². The average Bonchev–Trinajstić information content (AvgIpc) is 2.25. The van der Waals surface area contributed by atoms with Crippen LogP contribution in [0, 0.1) is 3.57 Å². The summed E-state index contributed by atoms with van der Waals surface area (Å²) in [5.41, 5.74) is 1.16. The van der Waals surface area contributed by atoms with Gasteiger partial charge in [-0.1, -0.05) is 20.8 Å². The fourth-order valence-corrected chi connectivity index (χ4v) is 2.67. The van der Waals surface area contributed by atoms with Gasteiger partial charge in [-0.3, -0.25) is 0 Å². The molecule has 0 fully saturated rings. The van der Waals surface area contributed by atoms with Crippen molar-refractivity contribution in [3.8, 4) is 5.88 Å². The molecule has 0 saturated carbocycles. The molecule has 1 aromatic heterocycles. The van der Waals surface area contributed by atoms with Gasteiger partial charge in [0, 0.05) is 12.5 Å². The quantitative estimate of drug-likeness (QED) is 0.743. The predicted octanol–water partition coefficient (Wildman–Crippen LogP) is 2.33. The lowest BCUT2D eigenvalue weighted by molar-refractivity contribution is 0.371. The second-order valence-electron chi connectivity index (χ2n) is 4.05. The second-order valence-corrected chi connectivity index (χ2v) is 5.12. The Balaban J connectivity index is 3.26. The van der Waals surface area contributed by atoms with Crippen LogP contribution in [0.5, 0.6) is 5.88 Å². The maximum Gasteiger partial charge on any atom is 0.225 e. The molecule has 4 heteroatoms. The first-order valence-electron chi connectivity index (χ1n) is 4.15. The van der Waals surface area contributed by atoms with E-state index in [0.29, 0.717) is 0 Å². The zero-order chi connectivity index (χ0) is 10.2. The molecule has 0 unspecified atom stereocenters. The van der Waals surface area contributed by atoms with Gasteiger partial charge < -0.3 is 4.74 Å². The molecule has 74 valence electrons. The molecule has 0 N–H and O–H groups in total. The average molecular weight is 294 g/mol. The van der Waals surface area contributed by atoms with Crippen LogP contribution in [0.4, 0.5) is 0 Å². The van der Waals surface area contributed by atoms with Crippen LogP contribution in [0.1, 0.15) is 26.5 Å². The van der Waals surface area contributed by atoms with Crippen molar-refractivity contribution >= 4 is 22.6 Å². The molecule has 0 aliphatic carbocycles. The van der Waals surface area contributed by atoms with E-state index in [1.54, 1.807) is 11.8 Å². The lowest BCUT2D eigenvalue weighted by Gasteiger charge is -2.15. The summed E-state index contributed by atoms with van der Waals surface area (Å²) >= 11 is 2.28. The van der Waals surface area contributed by atoms with Crippen molar-refractivity contribution in [2.24, 2.45) is 7.05 Å². The van der Waals surface area contributed by atoms with Gasteiger partial charge in [0.2, 0.25) is 5.88 Å². The Morgan fingerprint density at radius 2 is 1.92 bits per heavy atom. The predicted molar refractivity (Wildman–Crippen MR) is 61.2 cm³/mol. The molecule has 0 aliphatic heterocycles. The highest BCUT2D eigenvalue weighted by Gasteiger charge is 2.24. The standard InChI is InChI=1S/C9H15IN2O/c1-9(2,3)7-6(10)8(13-5)12(4)11-7/h1-5H3. The maximum atomic E-state index is 5.24. The van der Waals surface area contributed by atoms with Crippen molar-refractivity contribution in [3.05, 3.63) is 9.26 Å². The van der Waals surface area contributed by atoms with Crippen LogP contribution < -0.4 is 4.74 Å². The molecule has 0 spiro atoms. The van der Waals surface area contributed by atoms with Gasteiger partial charge in [0.15, 0.2) is 0 Å². The van der Waals surface area contributed by atoms with E-state index in [1.807, 2.05) is 7.05 Å². The van der Waals surface area contributed by atoms with E-state index in [0.717, 1.165) is 15.1 Å². The van der Waals surface area contributed by atoms with E-state index in [4.69, 9.17) is 4.74 Å². The number of aromatic nitrogens is 2. The summed E-state index contributed by atoms with van der Waals surface area (Å²) in [5, 5.41) is 4.44. The molecule has 0 bridgehead atoms. The van der Waals surface area contributed by atoms with Crippen LogP contribution in [0.15, 0.2) is 0 Å². The number of ether oxygens (including phenoxy) is 1. The van der Waals surface area contributed by atoms with Crippen LogP contribution in [0.3, 0.4) is 0 Å². The smallest absolute Gasteiger partial charge is 0.225 e. The van der Waals surface area contributed by atoms with Crippen LogP contribution in [0.2, 0.25) is 0 Å². The number of nitrogens with zero attached hydrogens (tertiary/aromatic N) is 2. The molecule has 1 aromatic rings. The molecule has 3 nitrogen and oxygen atoms in total. The Bertz CT molecular complexity index is 312. The normalized spacial score (nSPS) is 11.8. The first-order chi connectivity index (χ1) is 5.88. The van der Waals surface area contributed by atoms with Crippen molar-refractivity contribution in [1.82, 2.24) is 9.78 Å². The number of aryl methyl sites for hydroxylation is 1. The van der Waals surface area contributed by atoms with Crippen molar-refractivity contribution < 1.29 is 4.74 Å². The van der Waals surface area contributed by atoms with Gasteiger partial charge in [-0.25, -0.2) is 4.68 Å². The minimum absolute atomic E-state index is 0.0745. The Labute approximate surface area is 92.6 Å². The monoisotopic (exact) mass is 294 g/mol. The van der Waals surface area contributed by atoms with Crippen molar-refractivity contribution in [2.75, 3.05) is 7.11 Å². The molecule has 0 radical (unpaired) electrons. The van der Waals surface area contributed by atoms with Gasteiger partial charge >= 0.3 is 0 Å². The molecule has 1 rings (SSSR count). The molecular weight excluding hydrogens is 279 g/mol. The maximum absolute atomic E-state index is 5.24. The van der Waals surface area contributed by atoms with E-state index < -0.39 is 0 Å². The summed E-state index contributed by atoms with van der Waals surface area (Å²) in [6, 6.07) is 0. The zero-order valence-electron chi connectivity index (χ0n) is 8.68. The fourth-order valence-electron chi connectivity index (χ4n) is 1.18. The van der Waals surface area contributed by atoms with Crippen LogP contribution >= 0.6 is 22.6 Å². The van der Waals surface area contributed by atoms with E-state index in [9.17, 15) is 0 Å². The van der Waals surface area contributed by atoms with Gasteiger partial charge in [-0.2, -0.15) is 5.10 Å². The number of methoxy groups -OCH3 is 1. The summed E-state index contributed by atoms with van der Waals surface area (Å²) in [4.78, 5) is 0. The van der Waals surface area contributed by atoms with E-state index in [1.165, 1.54) is 0 Å². The highest BCUT2D eigenvalue weighted by molar-refractivity contribution is 14.1. The Morgan fingerprint density at radius 3 is 2.15 bits per heavy atom. The number of rotatable bonds is 1. The highest BCUT2D eigenvalue weighted by Crippen LogP contribution is 2.31. The van der Waals surface area contributed by atoms with Crippen molar-refractivity contribution in [3.63, 3.8) is 0 Å². The van der Waals surface area contributed by atoms with Gasteiger partial charge in [0.25, 0.3) is 0 Å². The topological polar surface area (TPSA) is 27.1 Å². The van der Waals surface area contributed by atoms with Gasteiger partial charge in [-0.05, 0) is 22.6 Å². The lowest BCUT2D eigenvalue weighted by atomic mass is 9.93. The van der Waals surface area contributed by atoms with E-state index >= 15 is 0 Å². The third-order valence-electron chi connectivity index (χ3n) is 1.84. The summed E-state index contributed by atoms with van der Waals surface area (Å²) < 4.78 is 8.13. The minimum Gasteiger partial charge on any atom is -0.480 e. The third-order valence-corrected chi connectivity index (χ3v) is 2.82. The van der Waals surface area contributed by atoms with E-state index in [2.05, 4.69) is 48.5 Å². The van der Waals surface area contributed by atoms with Gasteiger partial charge in [-0.15, -0.1) is 0 Å². The first kappa shape index (κ1) is 10.8. The zero-order valence-corrected chi connectivity index (χ0v) is 10.8. The number of halogens is 1. The Morgan fingerprint density at radius 1 is 1.38 bits per heavy atom. The van der Waals surface area contributed by atoms with Crippen molar-refractivity contribution in [1.29, 1.82) is 0 Å². The molecule has 1 heterocycles. The molecule has 0 amide bonds.